The Morgan fingerprint density at radius 3 is 2.20 bits per heavy atom. The Kier molecular flexibility index (Phi) is 5.59. The number of carbonyl (C=O) groups is 1. The molecule has 1 heterocycles. The zero-order chi connectivity index (χ0) is 17.5. The fraction of sp³-hybridized carbons (Fsp3) is 0.200. The van der Waals surface area contributed by atoms with E-state index in [2.05, 4.69) is 39.9 Å². The minimum absolute atomic E-state index is 0.0787. The van der Waals surface area contributed by atoms with Crippen molar-refractivity contribution in [2.45, 2.75) is 12.5 Å². The molecule has 5 nitrogen and oxygen atoms in total. The predicted molar refractivity (Wildman–Crippen MR) is 96.3 cm³/mol. The number of hydrogen-bond donors (Lipinski definition) is 2. The monoisotopic (exact) mass is 335 g/mol. The van der Waals surface area contributed by atoms with Crippen LogP contribution < -0.4 is 10.6 Å². The van der Waals surface area contributed by atoms with Crippen LogP contribution >= 0.6 is 0 Å². The summed E-state index contributed by atoms with van der Waals surface area (Å²) >= 11 is 0. The molecule has 0 fully saturated rings. The maximum atomic E-state index is 12.4. The fourth-order valence-corrected chi connectivity index (χ4v) is 2.73. The molecular weight excluding hydrogens is 314 g/mol. The van der Waals surface area contributed by atoms with Gasteiger partial charge in [-0.25, -0.2) is 4.98 Å². The van der Waals surface area contributed by atoms with Crippen molar-refractivity contribution < 1.29 is 9.21 Å². The molecule has 0 spiro atoms. The zero-order valence-electron chi connectivity index (χ0n) is 14.1. The molecule has 0 aliphatic rings. The lowest BCUT2D eigenvalue weighted by molar-refractivity contribution is 0.0947. The highest BCUT2D eigenvalue weighted by Crippen LogP contribution is 2.23. The second-order valence-electron chi connectivity index (χ2n) is 5.74. The molecule has 0 aliphatic heterocycles. The topological polar surface area (TPSA) is 67.2 Å². The van der Waals surface area contributed by atoms with Crippen LogP contribution in [-0.4, -0.2) is 24.5 Å². The third-order valence-electron chi connectivity index (χ3n) is 3.98. The molecule has 2 aromatic carbocycles. The number of amides is 1. The molecular formula is C20H21N3O2. The Morgan fingerprint density at radius 2 is 1.64 bits per heavy atom. The van der Waals surface area contributed by atoms with Crippen molar-refractivity contribution in [3.05, 3.63) is 89.6 Å². The van der Waals surface area contributed by atoms with Crippen molar-refractivity contribution in [3.8, 4) is 0 Å². The lowest BCUT2D eigenvalue weighted by atomic mass is 9.91. The Balaban J connectivity index is 1.73. The zero-order valence-corrected chi connectivity index (χ0v) is 14.1. The molecule has 0 radical (unpaired) electrons. The highest BCUT2D eigenvalue weighted by molar-refractivity contribution is 5.91. The lowest BCUT2D eigenvalue weighted by Crippen LogP contribution is -2.29. The van der Waals surface area contributed by atoms with Crippen molar-refractivity contribution in [3.63, 3.8) is 0 Å². The summed E-state index contributed by atoms with van der Waals surface area (Å²) in [6, 6.07) is 20.3. The van der Waals surface area contributed by atoms with Gasteiger partial charge < -0.3 is 15.1 Å². The van der Waals surface area contributed by atoms with Gasteiger partial charge in [0.2, 0.25) is 5.89 Å². The number of nitrogens with zero attached hydrogens (tertiary/aromatic N) is 1. The first-order chi connectivity index (χ1) is 12.3. The molecule has 1 aromatic heterocycles. The van der Waals surface area contributed by atoms with Crippen LogP contribution in [0.3, 0.4) is 0 Å². The summed E-state index contributed by atoms with van der Waals surface area (Å²) in [4.78, 5) is 16.6. The van der Waals surface area contributed by atoms with Crippen LogP contribution in [0.25, 0.3) is 0 Å². The van der Waals surface area contributed by atoms with Crippen molar-refractivity contribution in [1.29, 1.82) is 0 Å². The van der Waals surface area contributed by atoms with Gasteiger partial charge in [0.15, 0.2) is 5.69 Å². The van der Waals surface area contributed by atoms with Gasteiger partial charge >= 0.3 is 0 Å². The normalized spacial score (nSPS) is 10.8. The van der Waals surface area contributed by atoms with Crippen LogP contribution in [0.5, 0.6) is 0 Å². The van der Waals surface area contributed by atoms with E-state index in [1.54, 1.807) is 7.05 Å². The Morgan fingerprint density at radius 1 is 1.04 bits per heavy atom. The van der Waals surface area contributed by atoms with E-state index in [0.717, 1.165) is 11.1 Å². The van der Waals surface area contributed by atoms with Crippen LogP contribution in [-0.2, 0) is 6.54 Å². The second kappa shape index (κ2) is 8.26. The molecule has 0 unspecified atom stereocenters. The van der Waals surface area contributed by atoms with Crippen molar-refractivity contribution in [1.82, 2.24) is 15.6 Å². The minimum Gasteiger partial charge on any atom is -0.447 e. The number of rotatable bonds is 7. The molecule has 0 bridgehead atoms. The molecule has 0 saturated carbocycles. The average molecular weight is 335 g/mol. The van der Waals surface area contributed by atoms with E-state index in [1.165, 1.54) is 6.26 Å². The third-order valence-corrected chi connectivity index (χ3v) is 3.98. The predicted octanol–water partition coefficient (Wildman–Crippen LogP) is 2.96. The van der Waals surface area contributed by atoms with E-state index in [4.69, 9.17) is 4.42 Å². The number of carbonyl (C=O) groups excluding carboxylic acids is 1. The van der Waals surface area contributed by atoms with Gasteiger partial charge in [-0.05, 0) is 18.2 Å². The summed E-state index contributed by atoms with van der Waals surface area (Å²) < 4.78 is 5.27. The Labute approximate surface area is 147 Å². The van der Waals surface area contributed by atoms with Gasteiger partial charge in [-0.3, -0.25) is 4.79 Å². The summed E-state index contributed by atoms with van der Waals surface area (Å²) in [7, 11) is 1.80. The first kappa shape index (κ1) is 16.9. The number of hydrogen-bond acceptors (Lipinski definition) is 4. The van der Waals surface area contributed by atoms with Crippen molar-refractivity contribution in [2.24, 2.45) is 0 Å². The van der Waals surface area contributed by atoms with Crippen LogP contribution in [0.4, 0.5) is 0 Å². The molecule has 25 heavy (non-hydrogen) atoms. The van der Waals surface area contributed by atoms with Gasteiger partial charge in [0, 0.05) is 12.5 Å². The second-order valence-corrected chi connectivity index (χ2v) is 5.74. The van der Waals surface area contributed by atoms with Gasteiger partial charge in [0.05, 0.1) is 6.54 Å². The van der Waals surface area contributed by atoms with Gasteiger partial charge in [-0.15, -0.1) is 0 Å². The SMILES string of the molecule is CNCc1nc(C(=O)NCC(c2ccccc2)c2ccccc2)co1. The lowest BCUT2D eigenvalue weighted by Gasteiger charge is -2.18. The molecule has 0 saturated heterocycles. The molecule has 1 amide bonds. The number of oxazole rings is 1. The van der Waals surface area contributed by atoms with Crippen molar-refractivity contribution >= 4 is 5.91 Å². The van der Waals surface area contributed by atoms with Gasteiger partial charge in [0.1, 0.15) is 6.26 Å². The standard InChI is InChI=1S/C20H21N3O2/c1-21-13-19-23-18(14-25-19)20(24)22-12-17(15-8-4-2-5-9-15)16-10-6-3-7-11-16/h2-11,14,17,21H,12-13H2,1H3,(H,22,24). The van der Waals surface area contributed by atoms with Crippen LogP contribution in [0.15, 0.2) is 71.3 Å². The summed E-state index contributed by atoms with van der Waals surface area (Å²) in [5.41, 5.74) is 2.61. The Bertz CT molecular complexity index is 761. The average Bonchev–Trinajstić information content (AvgIpc) is 3.13. The number of aromatic nitrogens is 1. The maximum absolute atomic E-state index is 12.4. The largest absolute Gasteiger partial charge is 0.447 e. The van der Waals surface area contributed by atoms with Crippen molar-refractivity contribution in [2.75, 3.05) is 13.6 Å². The van der Waals surface area contributed by atoms with E-state index in [0.29, 0.717) is 24.7 Å². The molecule has 3 rings (SSSR count). The molecule has 3 aromatic rings. The Hall–Kier alpha value is -2.92. The van der Waals surface area contributed by atoms with E-state index < -0.39 is 0 Å². The third kappa shape index (κ3) is 4.33. The summed E-state index contributed by atoms with van der Waals surface area (Å²) in [6.45, 7) is 0.977. The van der Waals surface area contributed by atoms with Gasteiger partial charge in [-0.2, -0.15) is 0 Å². The summed E-state index contributed by atoms with van der Waals surface area (Å²) in [5.74, 6) is 0.341. The van der Waals surface area contributed by atoms with Gasteiger partial charge in [-0.1, -0.05) is 60.7 Å². The van der Waals surface area contributed by atoms with E-state index >= 15 is 0 Å². The van der Waals surface area contributed by atoms with Crippen LogP contribution in [0.1, 0.15) is 33.4 Å². The summed E-state index contributed by atoms with van der Waals surface area (Å²) in [5, 5.41) is 5.91. The molecule has 2 N–H and O–H groups in total. The van der Waals surface area contributed by atoms with E-state index in [1.807, 2.05) is 36.4 Å². The first-order valence-corrected chi connectivity index (χ1v) is 8.25. The van der Waals surface area contributed by atoms with Crippen LogP contribution in [0, 0.1) is 0 Å². The highest BCUT2D eigenvalue weighted by atomic mass is 16.3. The number of nitrogens with one attached hydrogen (secondary N) is 2. The maximum Gasteiger partial charge on any atom is 0.273 e. The molecule has 128 valence electrons. The fourth-order valence-electron chi connectivity index (χ4n) is 2.73. The first-order valence-electron chi connectivity index (χ1n) is 8.25. The molecule has 5 heteroatoms. The molecule has 0 atom stereocenters. The van der Waals surface area contributed by atoms with Crippen LogP contribution in [0.2, 0.25) is 0 Å². The minimum atomic E-state index is -0.233. The quantitative estimate of drug-likeness (QED) is 0.697. The van der Waals surface area contributed by atoms with E-state index in [9.17, 15) is 4.79 Å². The van der Waals surface area contributed by atoms with E-state index in [-0.39, 0.29) is 11.8 Å². The summed E-state index contributed by atoms with van der Waals surface area (Å²) in [6.07, 6.45) is 1.39. The number of benzene rings is 2. The van der Waals surface area contributed by atoms with Gasteiger partial charge in [0.25, 0.3) is 5.91 Å². The smallest absolute Gasteiger partial charge is 0.273 e. The highest BCUT2D eigenvalue weighted by Gasteiger charge is 2.17. The molecule has 0 aliphatic carbocycles.